The number of anilines is 1. The first-order valence-electron chi connectivity index (χ1n) is 5.26. The molecule has 0 fully saturated rings. The highest BCUT2D eigenvalue weighted by atomic mass is 16.3. The summed E-state index contributed by atoms with van der Waals surface area (Å²) in [4.78, 5) is 17.2. The van der Waals surface area contributed by atoms with Gasteiger partial charge in [0.1, 0.15) is 5.82 Å². The number of nitrogens with zero attached hydrogens (tertiary/aromatic N) is 1. The number of nitrogens with one attached hydrogen (secondary N) is 2. The molecule has 5 heteroatoms. The molecule has 1 heterocycles. The molecule has 0 saturated carbocycles. The molecule has 0 radical (unpaired) electrons. The van der Waals surface area contributed by atoms with Crippen molar-refractivity contribution in [3.63, 3.8) is 0 Å². The van der Waals surface area contributed by atoms with Crippen LogP contribution in [0.15, 0.2) is 41.3 Å². The average molecular weight is 231 g/mol. The van der Waals surface area contributed by atoms with Crippen molar-refractivity contribution >= 4 is 5.82 Å². The predicted molar refractivity (Wildman–Crippen MR) is 64.5 cm³/mol. The van der Waals surface area contributed by atoms with Gasteiger partial charge in [-0.25, -0.2) is 9.78 Å². The van der Waals surface area contributed by atoms with Gasteiger partial charge in [-0.15, -0.1) is 0 Å². The van der Waals surface area contributed by atoms with Gasteiger partial charge in [0.15, 0.2) is 0 Å². The monoisotopic (exact) mass is 231 g/mol. The van der Waals surface area contributed by atoms with Gasteiger partial charge in [-0.05, 0) is 5.56 Å². The zero-order valence-electron chi connectivity index (χ0n) is 9.18. The number of hydrogen-bond acceptors (Lipinski definition) is 4. The Morgan fingerprint density at radius 1 is 1.29 bits per heavy atom. The van der Waals surface area contributed by atoms with Gasteiger partial charge in [0.25, 0.3) is 0 Å². The highest BCUT2D eigenvalue weighted by molar-refractivity contribution is 5.42. The van der Waals surface area contributed by atoms with E-state index in [0.717, 1.165) is 5.56 Å². The molecule has 17 heavy (non-hydrogen) atoms. The minimum Gasteiger partial charge on any atom is -0.391 e. The average Bonchev–Trinajstić information content (AvgIpc) is 2.38. The molecule has 1 aromatic heterocycles. The Balaban J connectivity index is 2.13. The van der Waals surface area contributed by atoms with E-state index >= 15 is 0 Å². The largest absolute Gasteiger partial charge is 0.391 e. The van der Waals surface area contributed by atoms with E-state index in [9.17, 15) is 4.79 Å². The van der Waals surface area contributed by atoms with Gasteiger partial charge in [-0.1, -0.05) is 30.3 Å². The van der Waals surface area contributed by atoms with Crippen LogP contribution in [-0.2, 0) is 13.2 Å². The fourth-order valence-electron chi connectivity index (χ4n) is 1.48. The summed E-state index contributed by atoms with van der Waals surface area (Å²) in [6.45, 7) is 0.411. The van der Waals surface area contributed by atoms with Crippen LogP contribution in [0, 0.1) is 0 Å². The Morgan fingerprint density at radius 2 is 2.06 bits per heavy atom. The summed E-state index contributed by atoms with van der Waals surface area (Å²) in [6, 6.07) is 9.78. The standard InChI is InChI=1S/C12H13N3O2/c16-8-10-7-14-12(17)15-11(10)13-6-9-4-2-1-3-5-9/h1-5,7,16H,6,8H2,(H2,13,14,15,17). The molecule has 0 unspecified atom stereocenters. The number of aliphatic hydroxyl groups excluding tert-OH is 1. The van der Waals surface area contributed by atoms with E-state index in [4.69, 9.17) is 5.11 Å². The first-order valence-corrected chi connectivity index (χ1v) is 5.26. The maximum Gasteiger partial charge on any atom is 0.346 e. The maximum atomic E-state index is 11.1. The second kappa shape index (κ2) is 5.27. The first-order chi connectivity index (χ1) is 8.29. The summed E-state index contributed by atoms with van der Waals surface area (Å²) in [5.41, 5.74) is 1.23. The number of benzene rings is 1. The molecule has 0 bridgehead atoms. The van der Waals surface area contributed by atoms with Gasteiger partial charge in [0.2, 0.25) is 0 Å². The predicted octanol–water partition coefficient (Wildman–Crippen LogP) is 0.874. The SMILES string of the molecule is O=c1ncc(CO)c(NCc2ccccc2)[nH]1. The number of rotatable bonds is 4. The topological polar surface area (TPSA) is 78.0 Å². The van der Waals surface area contributed by atoms with Crippen LogP contribution in [0.1, 0.15) is 11.1 Å². The zero-order chi connectivity index (χ0) is 12.1. The van der Waals surface area contributed by atoms with Gasteiger partial charge < -0.3 is 10.4 Å². The van der Waals surface area contributed by atoms with Crippen molar-refractivity contribution in [2.75, 3.05) is 5.32 Å². The Hall–Kier alpha value is -2.14. The summed E-state index contributed by atoms with van der Waals surface area (Å²) in [6.07, 6.45) is 1.37. The van der Waals surface area contributed by atoms with Crippen molar-refractivity contribution in [2.45, 2.75) is 13.2 Å². The highest BCUT2D eigenvalue weighted by Crippen LogP contribution is 2.10. The van der Waals surface area contributed by atoms with Crippen LogP contribution in [0.25, 0.3) is 0 Å². The van der Waals surface area contributed by atoms with Crippen LogP contribution >= 0.6 is 0 Å². The van der Waals surface area contributed by atoms with Crippen LogP contribution in [0.2, 0.25) is 0 Å². The van der Waals surface area contributed by atoms with Crippen LogP contribution in [0.4, 0.5) is 5.82 Å². The van der Waals surface area contributed by atoms with E-state index in [1.54, 1.807) is 0 Å². The van der Waals surface area contributed by atoms with E-state index in [2.05, 4.69) is 15.3 Å². The van der Waals surface area contributed by atoms with E-state index in [-0.39, 0.29) is 6.61 Å². The zero-order valence-corrected chi connectivity index (χ0v) is 9.18. The van der Waals surface area contributed by atoms with E-state index < -0.39 is 5.69 Å². The maximum absolute atomic E-state index is 11.1. The lowest BCUT2D eigenvalue weighted by atomic mass is 10.2. The lowest BCUT2D eigenvalue weighted by Gasteiger charge is -2.09. The summed E-state index contributed by atoms with van der Waals surface area (Å²) < 4.78 is 0. The van der Waals surface area contributed by atoms with Crippen molar-refractivity contribution in [1.29, 1.82) is 0 Å². The van der Waals surface area contributed by atoms with Gasteiger partial charge >= 0.3 is 5.69 Å². The molecule has 0 aliphatic heterocycles. The van der Waals surface area contributed by atoms with Crippen molar-refractivity contribution in [3.8, 4) is 0 Å². The molecule has 2 rings (SSSR count). The molecule has 1 aromatic carbocycles. The number of aromatic nitrogens is 2. The van der Waals surface area contributed by atoms with Crippen LogP contribution in [-0.4, -0.2) is 15.1 Å². The molecule has 0 saturated heterocycles. The minimum atomic E-state index is -0.433. The second-order valence-corrected chi connectivity index (χ2v) is 3.59. The number of aliphatic hydroxyl groups is 1. The van der Waals surface area contributed by atoms with Gasteiger partial charge in [-0.2, -0.15) is 0 Å². The van der Waals surface area contributed by atoms with Crippen LogP contribution < -0.4 is 11.0 Å². The van der Waals surface area contributed by atoms with Gasteiger partial charge in [0, 0.05) is 18.3 Å². The molecular formula is C12H13N3O2. The van der Waals surface area contributed by atoms with E-state index in [0.29, 0.717) is 17.9 Å². The fraction of sp³-hybridized carbons (Fsp3) is 0.167. The van der Waals surface area contributed by atoms with Gasteiger partial charge in [0.05, 0.1) is 6.61 Å². The van der Waals surface area contributed by atoms with Crippen LogP contribution in [0.5, 0.6) is 0 Å². The Labute approximate surface area is 98.2 Å². The number of aromatic amines is 1. The third-order valence-corrected chi connectivity index (χ3v) is 2.37. The molecule has 3 N–H and O–H groups in total. The molecule has 5 nitrogen and oxygen atoms in total. The quantitative estimate of drug-likeness (QED) is 0.729. The molecule has 88 valence electrons. The summed E-state index contributed by atoms with van der Waals surface area (Å²) in [7, 11) is 0. The van der Waals surface area contributed by atoms with Crippen molar-refractivity contribution in [2.24, 2.45) is 0 Å². The summed E-state index contributed by atoms with van der Waals surface area (Å²) in [5.74, 6) is 0.511. The lowest BCUT2D eigenvalue weighted by molar-refractivity contribution is 0.281. The number of H-pyrrole nitrogens is 1. The van der Waals surface area contributed by atoms with Crippen molar-refractivity contribution in [3.05, 3.63) is 58.1 Å². The van der Waals surface area contributed by atoms with Crippen LogP contribution in [0.3, 0.4) is 0 Å². The highest BCUT2D eigenvalue weighted by Gasteiger charge is 2.02. The van der Waals surface area contributed by atoms with E-state index in [1.165, 1.54) is 6.20 Å². The van der Waals surface area contributed by atoms with Crippen molar-refractivity contribution < 1.29 is 5.11 Å². The molecule has 2 aromatic rings. The van der Waals surface area contributed by atoms with E-state index in [1.807, 2.05) is 30.3 Å². The second-order valence-electron chi connectivity index (χ2n) is 3.59. The molecule has 0 spiro atoms. The normalized spacial score (nSPS) is 10.2. The summed E-state index contributed by atoms with van der Waals surface area (Å²) >= 11 is 0. The minimum absolute atomic E-state index is 0.166. The smallest absolute Gasteiger partial charge is 0.346 e. The lowest BCUT2D eigenvalue weighted by Crippen LogP contribution is -2.15. The molecule has 0 atom stereocenters. The third kappa shape index (κ3) is 2.92. The molecule has 0 amide bonds. The number of hydrogen-bond donors (Lipinski definition) is 3. The van der Waals surface area contributed by atoms with Gasteiger partial charge in [-0.3, -0.25) is 4.98 Å². The first kappa shape index (κ1) is 11.3. The molecule has 0 aliphatic carbocycles. The van der Waals surface area contributed by atoms with Crippen molar-refractivity contribution in [1.82, 2.24) is 9.97 Å². The Bertz CT molecular complexity index is 537. The molecule has 0 aliphatic rings. The summed E-state index contributed by atoms with van der Waals surface area (Å²) in [5, 5.41) is 12.2. The molecular weight excluding hydrogens is 218 g/mol. The Morgan fingerprint density at radius 3 is 2.76 bits per heavy atom. The third-order valence-electron chi connectivity index (χ3n) is 2.37. The fourth-order valence-corrected chi connectivity index (χ4v) is 1.48. The Kier molecular flexibility index (Phi) is 3.52.